The molecular formula is C17H25ClN2O. The third kappa shape index (κ3) is 4.21. The third-order valence-electron chi connectivity index (χ3n) is 4.58. The first-order valence-electron chi connectivity index (χ1n) is 7.92. The molecule has 0 atom stereocenters. The lowest BCUT2D eigenvalue weighted by Crippen LogP contribution is -2.28. The summed E-state index contributed by atoms with van der Waals surface area (Å²) in [5, 5.41) is 3.41. The number of hydrogen-bond donors (Lipinski definition) is 1. The van der Waals surface area contributed by atoms with Crippen molar-refractivity contribution in [2.45, 2.75) is 32.1 Å². The molecule has 0 saturated carbocycles. The van der Waals surface area contributed by atoms with E-state index in [1.54, 1.807) is 0 Å². The summed E-state index contributed by atoms with van der Waals surface area (Å²) in [4.78, 5) is 14.2. The quantitative estimate of drug-likeness (QED) is 0.931. The molecule has 0 bridgehead atoms. The zero-order valence-electron chi connectivity index (χ0n) is 12.5. The van der Waals surface area contributed by atoms with E-state index in [1.807, 2.05) is 17.0 Å². The summed E-state index contributed by atoms with van der Waals surface area (Å²) in [6.07, 6.45) is 6.00. The molecule has 2 aliphatic rings. The van der Waals surface area contributed by atoms with Crippen molar-refractivity contribution in [2.75, 3.05) is 26.2 Å². The first-order chi connectivity index (χ1) is 9.83. The number of hydrogen-bond acceptors (Lipinski definition) is 2. The zero-order valence-corrected chi connectivity index (χ0v) is 13.3. The molecule has 4 heteroatoms. The molecule has 1 aromatic rings. The maximum atomic E-state index is 12.3. The Morgan fingerprint density at radius 3 is 2.33 bits per heavy atom. The first-order valence-corrected chi connectivity index (χ1v) is 7.92. The van der Waals surface area contributed by atoms with Crippen molar-refractivity contribution < 1.29 is 4.79 Å². The van der Waals surface area contributed by atoms with E-state index in [9.17, 15) is 4.79 Å². The summed E-state index contributed by atoms with van der Waals surface area (Å²) < 4.78 is 0. The Balaban J connectivity index is 0.00000161. The van der Waals surface area contributed by atoms with Gasteiger partial charge in [0.1, 0.15) is 0 Å². The molecule has 0 aliphatic carbocycles. The number of benzene rings is 1. The molecule has 0 aromatic heterocycles. The van der Waals surface area contributed by atoms with Gasteiger partial charge in [0.25, 0.3) is 5.91 Å². The molecule has 0 unspecified atom stereocenters. The number of likely N-dealkylation sites (tertiary alicyclic amines) is 1. The van der Waals surface area contributed by atoms with Crippen LogP contribution in [0.25, 0.3) is 0 Å². The smallest absolute Gasteiger partial charge is 0.253 e. The van der Waals surface area contributed by atoms with E-state index in [4.69, 9.17) is 0 Å². The molecule has 1 amide bonds. The summed E-state index contributed by atoms with van der Waals surface area (Å²) >= 11 is 0. The maximum Gasteiger partial charge on any atom is 0.253 e. The Kier molecular flexibility index (Phi) is 6.07. The molecule has 3 rings (SSSR count). The Labute approximate surface area is 133 Å². The summed E-state index contributed by atoms with van der Waals surface area (Å²) in [7, 11) is 0. The van der Waals surface area contributed by atoms with Gasteiger partial charge >= 0.3 is 0 Å². The van der Waals surface area contributed by atoms with Crippen LogP contribution in [0.5, 0.6) is 0 Å². The molecular weight excluding hydrogens is 284 g/mol. The van der Waals surface area contributed by atoms with Crippen LogP contribution in [-0.4, -0.2) is 37.0 Å². The van der Waals surface area contributed by atoms with Crippen LogP contribution in [0.1, 0.15) is 41.6 Å². The number of rotatable bonds is 3. The van der Waals surface area contributed by atoms with Gasteiger partial charge in [0.15, 0.2) is 0 Å². The largest absolute Gasteiger partial charge is 0.339 e. The number of halogens is 1. The van der Waals surface area contributed by atoms with E-state index in [1.165, 1.54) is 18.4 Å². The highest BCUT2D eigenvalue weighted by atomic mass is 35.5. The van der Waals surface area contributed by atoms with Gasteiger partial charge in [-0.3, -0.25) is 4.79 Å². The Bertz CT molecular complexity index is 448. The minimum Gasteiger partial charge on any atom is -0.339 e. The number of piperidine rings is 1. The van der Waals surface area contributed by atoms with Crippen molar-refractivity contribution in [2.24, 2.45) is 5.92 Å². The van der Waals surface area contributed by atoms with Gasteiger partial charge in [0, 0.05) is 18.7 Å². The van der Waals surface area contributed by atoms with Crippen molar-refractivity contribution in [1.82, 2.24) is 10.2 Å². The number of carbonyl (C=O) groups is 1. The lowest BCUT2D eigenvalue weighted by atomic mass is 9.91. The van der Waals surface area contributed by atoms with Gasteiger partial charge in [0.2, 0.25) is 0 Å². The topological polar surface area (TPSA) is 32.3 Å². The number of nitrogens with zero attached hydrogens (tertiary/aromatic N) is 1. The van der Waals surface area contributed by atoms with Gasteiger partial charge in [-0.1, -0.05) is 12.1 Å². The molecule has 1 aromatic carbocycles. The van der Waals surface area contributed by atoms with Crippen LogP contribution < -0.4 is 5.32 Å². The average molecular weight is 309 g/mol. The van der Waals surface area contributed by atoms with Gasteiger partial charge in [-0.25, -0.2) is 0 Å². The summed E-state index contributed by atoms with van der Waals surface area (Å²) in [6.45, 7) is 4.15. The number of amides is 1. The van der Waals surface area contributed by atoms with Crippen LogP contribution in [-0.2, 0) is 6.42 Å². The highest BCUT2D eigenvalue weighted by Crippen LogP contribution is 2.19. The number of carbonyl (C=O) groups excluding carboxylic acids is 1. The zero-order chi connectivity index (χ0) is 13.8. The van der Waals surface area contributed by atoms with Crippen molar-refractivity contribution in [3.05, 3.63) is 35.4 Å². The minimum absolute atomic E-state index is 0. The second-order valence-corrected chi connectivity index (χ2v) is 6.09. The Morgan fingerprint density at radius 2 is 1.71 bits per heavy atom. The van der Waals surface area contributed by atoms with Gasteiger partial charge in [-0.05, 0) is 68.8 Å². The molecule has 0 radical (unpaired) electrons. The molecule has 2 saturated heterocycles. The first kappa shape index (κ1) is 16.3. The molecule has 2 aliphatic heterocycles. The van der Waals surface area contributed by atoms with E-state index in [0.717, 1.165) is 56.9 Å². The molecule has 2 heterocycles. The van der Waals surface area contributed by atoms with Gasteiger partial charge in [0.05, 0.1) is 0 Å². The predicted octanol–water partition coefficient (Wildman–Crippen LogP) is 2.89. The minimum atomic E-state index is 0. The van der Waals surface area contributed by atoms with Crippen molar-refractivity contribution in [3.8, 4) is 0 Å². The van der Waals surface area contributed by atoms with Crippen molar-refractivity contribution in [1.29, 1.82) is 0 Å². The van der Waals surface area contributed by atoms with Crippen molar-refractivity contribution in [3.63, 3.8) is 0 Å². The molecule has 0 spiro atoms. The fourth-order valence-electron chi connectivity index (χ4n) is 3.31. The SMILES string of the molecule is Cl.O=C(c1ccc(CC2CCNCC2)cc1)N1CCCC1. The fraction of sp³-hybridized carbons (Fsp3) is 0.588. The van der Waals surface area contributed by atoms with Gasteiger partial charge in [-0.2, -0.15) is 0 Å². The lowest BCUT2D eigenvalue weighted by Gasteiger charge is -2.22. The molecule has 116 valence electrons. The van der Waals surface area contributed by atoms with Crippen LogP contribution in [0.15, 0.2) is 24.3 Å². The van der Waals surface area contributed by atoms with Gasteiger partial charge in [-0.15, -0.1) is 12.4 Å². The van der Waals surface area contributed by atoms with Gasteiger partial charge < -0.3 is 10.2 Å². The number of nitrogens with one attached hydrogen (secondary N) is 1. The van der Waals surface area contributed by atoms with Crippen LogP contribution >= 0.6 is 12.4 Å². The lowest BCUT2D eigenvalue weighted by molar-refractivity contribution is 0.0793. The fourth-order valence-corrected chi connectivity index (χ4v) is 3.31. The van der Waals surface area contributed by atoms with E-state index in [0.29, 0.717) is 0 Å². The third-order valence-corrected chi connectivity index (χ3v) is 4.58. The molecule has 2 fully saturated rings. The summed E-state index contributed by atoms with van der Waals surface area (Å²) in [6, 6.07) is 8.31. The second kappa shape index (κ2) is 7.81. The van der Waals surface area contributed by atoms with Crippen LogP contribution in [0, 0.1) is 5.92 Å². The van der Waals surface area contributed by atoms with Crippen LogP contribution in [0.2, 0.25) is 0 Å². The highest BCUT2D eigenvalue weighted by molar-refractivity contribution is 5.94. The van der Waals surface area contributed by atoms with E-state index < -0.39 is 0 Å². The Morgan fingerprint density at radius 1 is 1.10 bits per heavy atom. The van der Waals surface area contributed by atoms with E-state index in [2.05, 4.69) is 17.4 Å². The molecule has 21 heavy (non-hydrogen) atoms. The molecule has 1 N–H and O–H groups in total. The normalized spacial score (nSPS) is 19.3. The predicted molar refractivity (Wildman–Crippen MR) is 88.1 cm³/mol. The van der Waals surface area contributed by atoms with E-state index >= 15 is 0 Å². The molecule has 3 nitrogen and oxygen atoms in total. The standard InChI is InChI=1S/C17H24N2O.ClH/c20-17(19-11-1-2-12-19)16-5-3-14(4-6-16)13-15-7-9-18-10-8-15;/h3-6,15,18H,1-2,7-13H2;1H. The highest BCUT2D eigenvalue weighted by Gasteiger charge is 2.19. The van der Waals surface area contributed by atoms with Crippen LogP contribution in [0.3, 0.4) is 0 Å². The van der Waals surface area contributed by atoms with Crippen LogP contribution in [0.4, 0.5) is 0 Å². The Hall–Kier alpha value is -1.06. The van der Waals surface area contributed by atoms with E-state index in [-0.39, 0.29) is 18.3 Å². The van der Waals surface area contributed by atoms with Crippen molar-refractivity contribution >= 4 is 18.3 Å². The maximum absolute atomic E-state index is 12.3. The second-order valence-electron chi connectivity index (χ2n) is 6.09. The summed E-state index contributed by atoms with van der Waals surface area (Å²) in [5.74, 6) is 1.01. The summed E-state index contributed by atoms with van der Waals surface area (Å²) in [5.41, 5.74) is 2.22. The monoisotopic (exact) mass is 308 g/mol. The average Bonchev–Trinajstić information content (AvgIpc) is 3.03.